The Balaban J connectivity index is 2.80. The van der Waals surface area contributed by atoms with Crippen LogP contribution in [0.5, 0.6) is 0 Å². The fourth-order valence-corrected chi connectivity index (χ4v) is 1.47. The van der Waals surface area contributed by atoms with Crippen LogP contribution in [-0.2, 0) is 4.79 Å². The average Bonchev–Trinajstić information content (AvgIpc) is 2.26. The Morgan fingerprint density at radius 2 is 2.31 bits per heavy atom. The van der Waals surface area contributed by atoms with Crippen LogP contribution in [-0.4, -0.2) is 12.5 Å². The lowest BCUT2D eigenvalue weighted by Crippen LogP contribution is -2.28. The standard InChI is InChI=1S/C11H14ClFN2O/c1-2-7(6-14)11(16)15-9-5-3-4-8(12)10(9)13/h3-5,7H,2,6,14H2,1H3,(H,15,16). The number of hydrogen-bond donors (Lipinski definition) is 2. The molecule has 1 unspecified atom stereocenters. The zero-order valence-electron chi connectivity index (χ0n) is 8.97. The van der Waals surface area contributed by atoms with Gasteiger partial charge in [-0.1, -0.05) is 24.6 Å². The van der Waals surface area contributed by atoms with Crippen molar-refractivity contribution in [3.63, 3.8) is 0 Å². The van der Waals surface area contributed by atoms with Crippen LogP contribution in [0.25, 0.3) is 0 Å². The Bertz CT molecular complexity index is 380. The van der Waals surface area contributed by atoms with Gasteiger partial charge in [0.1, 0.15) is 0 Å². The Morgan fingerprint density at radius 1 is 1.62 bits per heavy atom. The zero-order valence-corrected chi connectivity index (χ0v) is 9.72. The molecule has 0 radical (unpaired) electrons. The number of hydrogen-bond acceptors (Lipinski definition) is 2. The van der Waals surface area contributed by atoms with Gasteiger partial charge in [-0.25, -0.2) is 4.39 Å². The van der Waals surface area contributed by atoms with Crippen LogP contribution in [0.4, 0.5) is 10.1 Å². The Kier molecular flexibility index (Phi) is 4.71. The largest absolute Gasteiger partial charge is 0.330 e. The molecule has 88 valence electrons. The molecule has 0 aliphatic heterocycles. The lowest BCUT2D eigenvalue weighted by Gasteiger charge is -2.13. The molecule has 16 heavy (non-hydrogen) atoms. The number of anilines is 1. The smallest absolute Gasteiger partial charge is 0.228 e. The second-order valence-corrected chi connectivity index (χ2v) is 3.84. The molecule has 0 saturated heterocycles. The van der Waals surface area contributed by atoms with E-state index in [-0.39, 0.29) is 29.1 Å². The summed E-state index contributed by atoms with van der Waals surface area (Å²) in [6.07, 6.45) is 0.616. The first kappa shape index (κ1) is 12.9. The normalized spacial score (nSPS) is 12.2. The van der Waals surface area contributed by atoms with E-state index in [0.717, 1.165) is 0 Å². The predicted octanol–water partition coefficient (Wildman–Crippen LogP) is 2.40. The number of carbonyl (C=O) groups is 1. The molecule has 1 rings (SSSR count). The molecule has 0 aromatic heterocycles. The van der Waals surface area contributed by atoms with Crippen molar-refractivity contribution in [3.8, 4) is 0 Å². The molecule has 0 saturated carbocycles. The summed E-state index contributed by atoms with van der Waals surface area (Å²) in [6.45, 7) is 2.09. The minimum absolute atomic E-state index is 0.0152. The van der Waals surface area contributed by atoms with E-state index in [9.17, 15) is 9.18 Å². The van der Waals surface area contributed by atoms with Crippen molar-refractivity contribution in [3.05, 3.63) is 29.0 Å². The molecule has 0 fully saturated rings. The molecular formula is C11H14ClFN2O. The maximum absolute atomic E-state index is 13.5. The Hall–Kier alpha value is -1.13. The monoisotopic (exact) mass is 244 g/mol. The summed E-state index contributed by atoms with van der Waals surface area (Å²) in [5, 5.41) is 2.46. The van der Waals surface area contributed by atoms with Gasteiger partial charge in [-0.05, 0) is 18.6 Å². The van der Waals surface area contributed by atoms with E-state index >= 15 is 0 Å². The van der Waals surface area contributed by atoms with Crippen LogP contribution in [0.2, 0.25) is 5.02 Å². The molecule has 0 aliphatic rings. The van der Waals surface area contributed by atoms with Crippen molar-refractivity contribution in [2.75, 3.05) is 11.9 Å². The molecule has 1 atom stereocenters. The van der Waals surface area contributed by atoms with E-state index in [2.05, 4.69) is 5.32 Å². The van der Waals surface area contributed by atoms with Gasteiger partial charge >= 0.3 is 0 Å². The molecule has 1 aromatic rings. The Labute approximate surface area is 98.8 Å². The van der Waals surface area contributed by atoms with Gasteiger partial charge in [-0.15, -0.1) is 0 Å². The van der Waals surface area contributed by atoms with Gasteiger partial charge in [0, 0.05) is 6.54 Å². The summed E-state index contributed by atoms with van der Waals surface area (Å²) in [6, 6.07) is 4.46. The second-order valence-electron chi connectivity index (χ2n) is 3.43. The highest BCUT2D eigenvalue weighted by Gasteiger charge is 2.16. The van der Waals surface area contributed by atoms with Gasteiger partial charge in [0.2, 0.25) is 5.91 Å². The number of nitrogens with two attached hydrogens (primary N) is 1. The highest BCUT2D eigenvalue weighted by molar-refractivity contribution is 6.31. The van der Waals surface area contributed by atoms with Crippen LogP contribution in [0.15, 0.2) is 18.2 Å². The summed E-state index contributed by atoms with van der Waals surface area (Å²) in [5.41, 5.74) is 5.51. The number of carbonyl (C=O) groups excluding carboxylic acids is 1. The van der Waals surface area contributed by atoms with E-state index in [1.807, 2.05) is 6.92 Å². The molecule has 1 amide bonds. The summed E-state index contributed by atoms with van der Waals surface area (Å²) in [4.78, 5) is 11.6. The SMILES string of the molecule is CCC(CN)C(=O)Nc1cccc(Cl)c1F. The molecular weight excluding hydrogens is 231 g/mol. The fraction of sp³-hybridized carbons (Fsp3) is 0.364. The lowest BCUT2D eigenvalue weighted by molar-refractivity contribution is -0.119. The molecule has 0 heterocycles. The third-order valence-electron chi connectivity index (χ3n) is 2.36. The maximum atomic E-state index is 13.5. The van der Waals surface area contributed by atoms with Gasteiger partial charge in [-0.2, -0.15) is 0 Å². The molecule has 3 nitrogen and oxygen atoms in total. The highest BCUT2D eigenvalue weighted by Crippen LogP contribution is 2.22. The molecule has 0 aliphatic carbocycles. The van der Waals surface area contributed by atoms with E-state index < -0.39 is 5.82 Å². The quantitative estimate of drug-likeness (QED) is 0.855. The Morgan fingerprint density at radius 3 is 2.88 bits per heavy atom. The fourth-order valence-electron chi connectivity index (χ4n) is 1.29. The van der Waals surface area contributed by atoms with Crippen LogP contribution < -0.4 is 11.1 Å². The first-order chi connectivity index (χ1) is 7.60. The van der Waals surface area contributed by atoms with Crippen molar-refractivity contribution in [1.29, 1.82) is 0 Å². The van der Waals surface area contributed by atoms with Gasteiger partial charge in [0.25, 0.3) is 0 Å². The lowest BCUT2D eigenvalue weighted by atomic mass is 10.1. The van der Waals surface area contributed by atoms with Gasteiger partial charge < -0.3 is 11.1 Å². The second kappa shape index (κ2) is 5.82. The van der Waals surface area contributed by atoms with Crippen molar-refractivity contribution < 1.29 is 9.18 Å². The molecule has 1 aromatic carbocycles. The number of rotatable bonds is 4. The number of benzene rings is 1. The first-order valence-corrected chi connectivity index (χ1v) is 5.42. The minimum Gasteiger partial charge on any atom is -0.330 e. The summed E-state index contributed by atoms with van der Waals surface area (Å²) in [7, 11) is 0. The molecule has 5 heteroatoms. The third kappa shape index (κ3) is 2.93. The third-order valence-corrected chi connectivity index (χ3v) is 2.65. The minimum atomic E-state index is -0.621. The van der Waals surface area contributed by atoms with Crippen molar-refractivity contribution in [2.24, 2.45) is 11.7 Å². The zero-order chi connectivity index (χ0) is 12.1. The summed E-state index contributed by atoms with van der Waals surface area (Å²) >= 11 is 5.59. The van der Waals surface area contributed by atoms with Crippen LogP contribution in [0, 0.1) is 11.7 Å². The summed E-state index contributed by atoms with van der Waals surface area (Å²) in [5.74, 6) is -1.21. The summed E-state index contributed by atoms with van der Waals surface area (Å²) < 4.78 is 13.5. The van der Waals surface area contributed by atoms with Crippen molar-refractivity contribution in [2.45, 2.75) is 13.3 Å². The molecule has 0 spiro atoms. The molecule has 3 N–H and O–H groups in total. The number of nitrogens with one attached hydrogen (secondary N) is 1. The van der Waals surface area contributed by atoms with Crippen molar-refractivity contribution >= 4 is 23.2 Å². The van der Waals surface area contributed by atoms with Gasteiger partial charge in [-0.3, -0.25) is 4.79 Å². The first-order valence-electron chi connectivity index (χ1n) is 5.05. The van der Waals surface area contributed by atoms with Crippen LogP contribution >= 0.6 is 11.6 Å². The topological polar surface area (TPSA) is 55.1 Å². The highest BCUT2D eigenvalue weighted by atomic mass is 35.5. The van der Waals surface area contributed by atoms with Crippen LogP contribution in [0.1, 0.15) is 13.3 Å². The van der Waals surface area contributed by atoms with E-state index in [1.54, 1.807) is 6.07 Å². The van der Waals surface area contributed by atoms with E-state index in [1.165, 1.54) is 12.1 Å². The van der Waals surface area contributed by atoms with E-state index in [4.69, 9.17) is 17.3 Å². The molecule has 0 bridgehead atoms. The van der Waals surface area contributed by atoms with Crippen LogP contribution in [0.3, 0.4) is 0 Å². The van der Waals surface area contributed by atoms with E-state index in [0.29, 0.717) is 6.42 Å². The van der Waals surface area contributed by atoms with Gasteiger partial charge in [0.15, 0.2) is 5.82 Å². The number of halogens is 2. The average molecular weight is 245 g/mol. The van der Waals surface area contributed by atoms with Gasteiger partial charge in [0.05, 0.1) is 16.6 Å². The predicted molar refractivity (Wildman–Crippen MR) is 62.9 cm³/mol. The maximum Gasteiger partial charge on any atom is 0.228 e. The number of amides is 1. The van der Waals surface area contributed by atoms with Crippen molar-refractivity contribution in [1.82, 2.24) is 0 Å².